The summed E-state index contributed by atoms with van der Waals surface area (Å²) in [6.45, 7) is 5.14. The number of piperazine rings is 1. The van der Waals surface area contributed by atoms with E-state index in [2.05, 4.69) is 35.8 Å². The highest BCUT2D eigenvalue weighted by Gasteiger charge is 2.14. The highest BCUT2D eigenvalue weighted by molar-refractivity contribution is 5.38. The summed E-state index contributed by atoms with van der Waals surface area (Å²) in [7, 11) is 1.72. The highest BCUT2D eigenvalue weighted by Crippen LogP contribution is 2.23. The molecule has 15 heavy (non-hydrogen) atoms. The van der Waals surface area contributed by atoms with Crippen molar-refractivity contribution in [2.45, 2.75) is 13.0 Å². The van der Waals surface area contributed by atoms with Gasteiger partial charge in [-0.25, -0.2) is 0 Å². The molecule has 0 spiro atoms. The summed E-state index contributed by atoms with van der Waals surface area (Å²) in [4.78, 5) is 0. The predicted octanol–water partition coefficient (Wildman–Crippen LogP) is 1.24. The van der Waals surface area contributed by atoms with Crippen LogP contribution < -0.4 is 15.4 Å². The minimum Gasteiger partial charge on any atom is -0.496 e. The number of ether oxygens (including phenoxy) is 1. The average Bonchev–Trinajstić information content (AvgIpc) is 2.31. The molecule has 0 unspecified atom stereocenters. The fraction of sp³-hybridized carbons (Fsp3) is 0.500. The maximum absolute atomic E-state index is 5.33. The first-order chi connectivity index (χ1) is 7.31. The van der Waals surface area contributed by atoms with Gasteiger partial charge in [-0.3, -0.25) is 0 Å². The van der Waals surface area contributed by atoms with E-state index in [0.717, 1.165) is 25.4 Å². The van der Waals surface area contributed by atoms with E-state index in [-0.39, 0.29) is 0 Å². The van der Waals surface area contributed by atoms with Gasteiger partial charge in [0, 0.05) is 25.7 Å². The van der Waals surface area contributed by atoms with E-state index >= 15 is 0 Å². The number of nitrogens with one attached hydrogen (secondary N) is 2. The zero-order valence-electron chi connectivity index (χ0n) is 9.34. The van der Waals surface area contributed by atoms with Crippen molar-refractivity contribution in [3.05, 3.63) is 29.3 Å². The average molecular weight is 206 g/mol. The van der Waals surface area contributed by atoms with Crippen LogP contribution in [0.4, 0.5) is 0 Å². The Bertz CT molecular complexity index is 332. The Balaban J connectivity index is 2.20. The maximum Gasteiger partial charge on any atom is 0.122 e. The van der Waals surface area contributed by atoms with Gasteiger partial charge in [0.05, 0.1) is 7.11 Å². The zero-order valence-corrected chi connectivity index (χ0v) is 9.34. The largest absolute Gasteiger partial charge is 0.496 e. The molecular weight excluding hydrogens is 188 g/mol. The Morgan fingerprint density at radius 2 is 2.20 bits per heavy atom. The molecule has 1 atom stereocenters. The van der Waals surface area contributed by atoms with E-state index in [1.54, 1.807) is 7.11 Å². The van der Waals surface area contributed by atoms with Crippen LogP contribution in [0.15, 0.2) is 18.2 Å². The van der Waals surface area contributed by atoms with E-state index in [1.165, 1.54) is 11.1 Å². The lowest BCUT2D eigenvalue weighted by Crippen LogP contribution is -2.42. The number of aryl methyl sites for hydroxylation is 1. The number of hydrogen-bond donors (Lipinski definition) is 2. The van der Waals surface area contributed by atoms with E-state index in [9.17, 15) is 0 Å². The van der Waals surface area contributed by atoms with Crippen LogP contribution >= 0.6 is 0 Å². The number of benzene rings is 1. The molecule has 1 aliphatic heterocycles. The summed E-state index contributed by atoms with van der Waals surface area (Å²) in [5, 5.41) is 6.87. The van der Waals surface area contributed by atoms with Gasteiger partial charge in [-0.2, -0.15) is 0 Å². The molecule has 1 aromatic carbocycles. The lowest BCUT2D eigenvalue weighted by molar-refractivity contribution is 0.404. The first kappa shape index (κ1) is 10.5. The summed E-state index contributed by atoms with van der Waals surface area (Å²) < 4.78 is 5.33. The zero-order chi connectivity index (χ0) is 10.7. The van der Waals surface area contributed by atoms with Gasteiger partial charge in [0.1, 0.15) is 5.75 Å². The van der Waals surface area contributed by atoms with Gasteiger partial charge < -0.3 is 15.4 Å². The number of hydrogen-bond acceptors (Lipinski definition) is 3. The molecule has 1 aromatic rings. The van der Waals surface area contributed by atoms with Crippen LogP contribution in [-0.4, -0.2) is 26.7 Å². The smallest absolute Gasteiger partial charge is 0.122 e. The molecule has 0 aliphatic carbocycles. The van der Waals surface area contributed by atoms with Crippen LogP contribution in [0.2, 0.25) is 0 Å². The van der Waals surface area contributed by atoms with E-state index in [4.69, 9.17) is 4.74 Å². The molecule has 0 aromatic heterocycles. The molecule has 1 aliphatic rings. The van der Waals surface area contributed by atoms with Gasteiger partial charge in [-0.15, -0.1) is 0 Å². The second-order valence-electron chi connectivity index (χ2n) is 3.94. The van der Waals surface area contributed by atoms with Crippen LogP contribution in [0, 0.1) is 6.92 Å². The van der Waals surface area contributed by atoms with Crippen molar-refractivity contribution in [3.63, 3.8) is 0 Å². The van der Waals surface area contributed by atoms with E-state index in [1.807, 2.05) is 0 Å². The molecule has 3 heteroatoms. The van der Waals surface area contributed by atoms with Gasteiger partial charge >= 0.3 is 0 Å². The lowest BCUT2D eigenvalue weighted by atomic mass is 10.0. The molecule has 0 radical (unpaired) electrons. The van der Waals surface area contributed by atoms with Crippen molar-refractivity contribution < 1.29 is 4.74 Å². The first-order valence-electron chi connectivity index (χ1n) is 5.40. The molecule has 0 amide bonds. The molecule has 0 bridgehead atoms. The second-order valence-corrected chi connectivity index (χ2v) is 3.94. The Hall–Kier alpha value is -1.06. The van der Waals surface area contributed by atoms with Crippen LogP contribution in [0.5, 0.6) is 5.75 Å². The Labute approximate surface area is 90.8 Å². The number of methoxy groups -OCH3 is 1. The molecule has 0 saturated carbocycles. The molecule has 3 nitrogen and oxygen atoms in total. The fourth-order valence-corrected chi connectivity index (χ4v) is 1.94. The SMILES string of the molecule is COc1cc([C@@H]2CNCCN2)ccc1C. The minimum absolute atomic E-state index is 0.410. The second kappa shape index (κ2) is 4.64. The van der Waals surface area contributed by atoms with Gasteiger partial charge in [0.15, 0.2) is 0 Å². The predicted molar refractivity (Wildman–Crippen MR) is 61.3 cm³/mol. The molecule has 82 valence electrons. The minimum atomic E-state index is 0.410. The van der Waals surface area contributed by atoms with Gasteiger partial charge in [-0.05, 0) is 24.1 Å². The molecular formula is C12H18N2O. The molecule has 1 fully saturated rings. The third-order valence-electron chi connectivity index (χ3n) is 2.88. The summed E-state index contributed by atoms with van der Waals surface area (Å²) in [6, 6.07) is 6.82. The van der Waals surface area contributed by atoms with Gasteiger partial charge in [-0.1, -0.05) is 12.1 Å². The normalized spacial score (nSPS) is 21.3. The molecule has 1 saturated heterocycles. The summed E-state index contributed by atoms with van der Waals surface area (Å²) in [5.74, 6) is 0.972. The van der Waals surface area contributed by atoms with Crippen molar-refractivity contribution in [1.29, 1.82) is 0 Å². The quantitative estimate of drug-likeness (QED) is 0.763. The fourth-order valence-electron chi connectivity index (χ4n) is 1.94. The Kier molecular flexibility index (Phi) is 3.23. The third kappa shape index (κ3) is 2.30. The molecule has 2 rings (SSSR count). The topological polar surface area (TPSA) is 33.3 Å². The maximum atomic E-state index is 5.33. The third-order valence-corrected chi connectivity index (χ3v) is 2.88. The van der Waals surface area contributed by atoms with E-state index < -0.39 is 0 Å². The van der Waals surface area contributed by atoms with Crippen molar-refractivity contribution >= 4 is 0 Å². The van der Waals surface area contributed by atoms with Crippen LogP contribution in [-0.2, 0) is 0 Å². The van der Waals surface area contributed by atoms with Crippen LogP contribution in [0.25, 0.3) is 0 Å². The molecule has 2 N–H and O–H groups in total. The number of rotatable bonds is 2. The Morgan fingerprint density at radius 1 is 1.33 bits per heavy atom. The van der Waals surface area contributed by atoms with Gasteiger partial charge in [0.2, 0.25) is 0 Å². The highest BCUT2D eigenvalue weighted by atomic mass is 16.5. The summed E-state index contributed by atoms with van der Waals surface area (Å²) >= 11 is 0. The van der Waals surface area contributed by atoms with Gasteiger partial charge in [0.25, 0.3) is 0 Å². The van der Waals surface area contributed by atoms with Crippen LogP contribution in [0.3, 0.4) is 0 Å². The standard InChI is InChI=1S/C12H18N2O/c1-9-3-4-10(7-12(9)15-2)11-8-13-5-6-14-11/h3-4,7,11,13-14H,5-6,8H2,1-2H3/t11-/m0/s1. The lowest BCUT2D eigenvalue weighted by Gasteiger charge is -2.25. The molecule has 1 heterocycles. The van der Waals surface area contributed by atoms with E-state index in [0.29, 0.717) is 6.04 Å². The van der Waals surface area contributed by atoms with Crippen LogP contribution in [0.1, 0.15) is 17.2 Å². The van der Waals surface area contributed by atoms with Crippen molar-refractivity contribution in [1.82, 2.24) is 10.6 Å². The summed E-state index contributed by atoms with van der Waals surface area (Å²) in [6.07, 6.45) is 0. The Morgan fingerprint density at radius 3 is 2.87 bits per heavy atom. The van der Waals surface area contributed by atoms with Crippen molar-refractivity contribution in [3.8, 4) is 5.75 Å². The summed E-state index contributed by atoms with van der Waals surface area (Å²) in [5.41, 5.74) is 2.48. The first-order valence-corrected chi connectivity index (χ1v) is 5.40. The monoisotopic (exact) mass is 206 g/mol. The van der Waals surface area contributed by atoms with Crippen molar-refractivity contribution in [2.75, 3.05) is 26.7 Å². The van der Waals surface area contributed by atoms with Crippen molar-refractivity contribution in [2.24, 2.45) is 0 Å².